The highest BCUT2D eigenvalue weighted by atomic mass is 16.5. The summed E-state index contributed by atoms with van der Waals surface area (Å²) >= 11 is 0. The van der Waals surface area contributed by atoms with Gasteiger partial charge in [-0.2, -0.15) is 0 Å². The maximum Gasteiger partial charge on any atom is 0.224 e. The van der Waals surface area contributed by atoms with Crippen LogP contribution < -0.4 is 10.1 Å². The number of likely N-dealkylation sites (tertiary alicyclic amines) is 1. The number of carbonyl (C=O) groups is 1. The highest BCUT2D eigenvalue weighted by Crippen LogP contribution is 2.26. The SMILES string of the molecule is COc1cc(CC(=O)N[C@@H]2CN(C)C[C@H]2c2cncn2C)ccn1. The summed E-state index contributed by atoms with van der Waals surface area (Å²) in [6.07, 6.45) is 5.66. The summed E-state index contributed by atoms with van der Waals surface area (Å²) in [7, 11) is 5.63. The van der Waals surface area contributed by atoms with Gasteiger partial charge in [-0.25, -0.2) is 9.97 Å². The minimum absolute atomic E-state index is 0.00993. The number of aryl methyl sites for hydroxylation is 1. The van der Waals surface area contributed by atoms with Crippen LogP contribution in [0.5, 0.6) is 5.88 Å². The van der Waals surface area contributed by atoms with Crippen molar-refractivity contribution < 1.29 is 9.53 Å². The van der Waals surface area contributed by atoms with Crippen molar-refractivity contribution in [2.45, 2.75) is 18.4 Å². The molecule has 0 bridgehead atoms. The Morgan fingerprint density at radius 3 is 2.96 bits per heavy atom. The molecule has 1 saturated heterocycles. The van der Waals surface area contributed by atoms with Gasteiger partial charge < -0.3 is 19.5 Å². The number of ether oxygens (including phenoxy) is 1. The maximum absolute atomic E-state index is 12.5. The van der Waals surface area contributed by atoms with Gasteiger partial charge in [0.15, 0.2) is 0 Å². The fourth-order valence-electron chi connectivity index (χ4n) is 3.29. The van der Waals surface area contributed by atoms with Crippen LogP contribution in [0.15, 0.2) is 30.9 Å². The van der Waals surface area contributed by atoms with Crippen LogP contribution in [0.2, 0.25) is 0 Å². The normalized spacial score (nSPS) is 21.0. The molecule has 0 saturated carbocycles. The number of pyridine rings is 1. The Hall–Kier alpha value is -2.41. The third-order valence-corrected chi connectivity index (χ3v) is 4.46. The van der Waals surface area contributed by atoms with Gasteiger partial charge in [0.05, 0.1) is 25.9 Å². The first-order valence-electron chi connectivity index (χ1n) is 8.00. The third-order valence-electron chi connectivity index (χ3n) is 4.46. The zero-order valence-corrected chi connectivity index (χ0v) is 14.3. The van der Waals surface area contributed by atoms with Gasteiger partial charge in [0.1, 0.15) is 0 Å². The molecule has 0 aliphatic carbocycles. The van der Waals surface area contributed by atoms with E-state index in [0.717, 1.165) is 24.3 Å². The van der Waals surface area contributed by atoms with Gasteiger partial charge in [0.25, 0.3) is 0 Å². The molecule has 7 nitrogen and oxygen atoms in total. The van der Waals surface area contributed by atoms with Crippen molar-refractivity contribution in [1.29, 1.82) is 0 Å². The smallest absolute Gasteiger partial charge is 0.224 e. The van der Waals surface area contributed by atoms with Crippen molar-refractivity contribution in [3.8, 4) is 5.88 Å². The molecule has 2 aromatic heterocycles. The minimum Gasteiger partial charge on any atom is -0.481 e. The molecule has 1 aliphatic rings. The van der Waals surface area contributed by atoms with Crippen molar-refractivity contribution in [3.05, 3.63) is 42.1 Å². The third kappa shape index (κ3) is 3.56. The van der Waals surface area contributed by atoms with Gasteiger partial charge in [0.2, 0.25) is 11.8 Å². The Labute approximate surface area is 141 Å². The van der Waals surface area contributed by atoms with Crippen molar-refractivity contribution in [1.82, 2.24) is 24.8 Å². The fourth-order valence-corrected chi connectivity index (χ4v) is 3.29. The molecule has 1 fully saturated rings. The van der Waals surface area contributed by atoms with Crippen molar-refractivity contribution in [3.63, 3.8) is 0 Å². The summed E-state index contributed by atoms with van der Waals surface area (Å²) in [5, 5.41) is 3.18. The van der Waals surface area contributed by atoms with E-state index in [2.05, 4.69) is 27.2 Å². The Morgan fingerprint density at radius 2 is 2.25 bits per heavy atom. The number of nitrogens with one attached hydrogen (secondary N) is 1. The molecule has 2 atom stereocenters. The standard InChI is InChI=1S/C17H23N5O2/c1-21-9-13(15-8-18-11-22(15)2)14(10-21)20-16(23)6-12-4-5-19-17(7-12)24-3/h4-5,7-8,11,13-14H,6,9-10H2,1-3H3,(H,20,23)/t13-,14-/m1/s1. The zero-order valence-electron chi connectivity index (χ0n) is 14.3. The fraction of sp³-hybridized carbons (Fsp3) is 0.471. The van der Waals surface area contributed by atoms with Crippen molar-refractivity contribution >= 4 is 5.91 Å². The summed E-state index contributed by atoms with van der Waals surface area (Å²) in [4.78, 5) is 23.0. The molecule has 1 N–H and O–H groups in total. The van der Waals surface area contributed by atoms with Gasteiger partial charge in [-0.15, -0.1) is 0 Å². The lowest BCUT2D eigenvalue weighted by Crippen LogP contribution is -2.40. The molecule has 1 aliphatic heterocycles. The molecular formula is C17H23N5O2. The number of amides is 1. The number of aromatic nitrogens is 3. The average Bonchev–Trinajstić information content (AvgIpc) is 3.12. The van der Waals surface area contributed by atoms with E-state index in [-0.39, 0.29) is 17.9 Å². The predicted octanol–water partition coefficient (Wildman–Crippen LogP) is 0.580. The minimum atomic E-state index is 0.00993. The molecule has 1 amide bonds. The Balaban J connectivity index is 1.67. The van der Waals surface area contributed by atoms with Gasteiger partial charge >= 0.3 is 0 Å². The van der Waals surface area contributed by atoms with E-state index >= 15 is 0 Å². The van der Waals surface area contributed by atoms with Crippen LogP contribution in [-0.2, 0) is 18.3 Å². The highest BCUT2D eigenvalue weighted by Gasteiger charge is 2.34. The lowest BCUT2D eigenvalue weighted by atomic mass is 9.99. The number of carbonyl (C=O) groups excluding carboxylic acids is 1. The number of likely N-dealkylation sites (N-methyl/N-ethyl adjacent to an activating group) is 1. The van der Waals surface area contributed by atoms with Crippen LogP contribution in [0.1, 0.15) is 17.2 Å². The highest BCUT2D eigenvalue weighted by molar-refractivity contribution is 5.79. The summed E-state index contributed by atoms with van der Waals surface area (Å²) in [6.45, 7) is 1.74. The largest absolute Gasteiger partial charge is 0.481 e. The summed E-state index contributed by atoms with van der Waals surface area (Å²) in [5.41, 5.74) is 2.04. The summed E-state index contributed by atoms with van der Waals surface area (Å²) in [6, 6.07) is 3.71. The van der Waals surface area contributed by atoms with E-state index in [1.807, 2.05) is 23.9 Å². The number of nitrogens with zero attached hydrogens (tertiary/aromatic N) is 4. The summed E-state index contributed by atoms with van der Waals surface area (Å²) < 4.78 is 7.13. The van der Waals surface area contributed by atoms with Gasteiger partial charge in [-0.1, -0.05) is 0 Å². The van der Waals surface area contributed by atoms with Gasteiger partial charge in [0, 0.05) is 50.2 Å². The van der Waals surface area contributed by atoms with Crippen LogP contribution in [-0.4, -0.2) is 58.6 Å². The second-order valence-corrected chi connectivity index (χ2v) is 6.31. The van der Waals surface area contributed by atoms with Crippen molar-refractivity contribution in [2.75, 3.05) is 27.2 Å². The van der Waals surface area contributed by atoms with Gasteiger partial charge in [-0.05, 0) is 18.7 Å². The number of methoxy groups -OCH3 is 1. The van der Waals surface area contributed by atoms with E-state index < -0.39 is 0 Å². The van der Waals surface area contributed by atoms with E-state index in [9.17, 15) is 4.79 Å². The van der Waals surface area contributed by atoms with Crippen LogP contribution in [0.4, 0.5) is 0 Å². The molecule has 0 aromatic carbocycles. The number of hydrogen-bond donors (Lipinski definition) is 1. The number of hydrogen-bond acceptors (Lipinski definition) is 5. The van der Waals surface area contributed by atoms with Crippen LogP contribution >= 0.6 is 0 Å². The molecule has 2 aromatic rings. The molecular weight excluding hydrogens is 306 g/mol. The first kappa shape index (κ1) is 16.4. The molecule has 0 spiro atoms. The first-order chi connectivity index (χ1) is 11.6. The van der Waals surface area contributed by atoms with Crippen LogP contribution in [0, 0.1) is 0 Å². The molecule has 3 rings (SSSR count). The zero-order chi connectivity index (χ0) is 17.1. The molecule has 24 heavy (non-hydrogen) atoms. The molecule has 0 radical (unpaired) electrons. The maximum atomic E-state index is 12.5. The Bertz CT molecular complexity index is 715. The van der Waals surface area contributed by atoms with E-state index in [1.54, 1.807) is 25.7 Å². The quantitative estimate of drug-likeness (QED) is 0.869. The van der Waals surface area contributed by atoms with Crippen molar-refractivity contribution in [2.24, 2.45) is 7.05 Å². The lowest BCUT2D eigenvalue weighted by Gasteiger charge is -2.20. The second-order valence-electron chi connectivity index (χ2n) is 6.31. The van der Waals surface area contributed by atoms with Gasteiger partial charge in [-0.3, -0.25) is 4.79 Å². The van der Waals surface area contributed by atoms with E-state index in [4.69, 9.17) is 4.74 Å². The van der Waals surface area contributed by atoms with Crippen LogP contribution in [0.3, 0.4) is 0 Å². The Morgan fingerprint density at radius 1 is 1.42 bits per heavy atom. The molecule has 128 valence electrons. The topological polar surface area (TPSA) is 72.3 Å². The average molecular weight is 329 g/mol. The predicted molar refractivity (Wildman–Crippen MR) is 89.9 cm³/mol. The molecule has 0 unspecified atom stereocenters. The molecule has 3 heterocycles. The Kier molecular flexibility index (Phi) is 4.80. The second kappa shape index (κ2) is 7.00. The first-order valence-corrected chi connectivity index (χ1v) is 8.00. The molecule has 7 heteroatoms. The lowest BCUT2D eigenvalue weighted by molar-refractivity contribution is -0.121. The van der Waals surface area contributed by atoms with Crippen LogP contribution in [0.25, 0.3) is 0 Å². The van der Waals surface area contributed by atoms with E-state index in [1.165, 1.54) is 0 Å². The number of rotatable bonds is 5. The van der Waals surface area contributed by atoms with E-state index in [0.29, 0.717) is 12.3 Å². The number of imidazole rings is 1. The summed E-state index contributed by atoms with van der Waals surface area (Å²) in [5.74, 6) is 0.780. The monoisotopic (exact) mass is 329 g/mol.